The minimum Gasteiger partial charge on any atom is -0.486 e. The van der Waals surface area contributed by atoms with Crippen LogP contribution in [0.5, 0.6) is 11.5 Å². The van der Waals surface area contributed by atoms with E-state index in [2.05, 4.69) is 10.6 Å². The van der Waals surface area contributed by atoms with Gasteiger partial charge in [-0.05, 0) is 24.3 Å². The zero-order valence-electron chi connectivity index (χ0n) is 13.7. The van der Waals surface area contributed by atoms with Gasteiger partial charge in [0, 0.05) is 11.8 Å². The highest BCUT2D eigenvalue weighted by Gasteiger charge is 2.14. The number of hydrogen-bond donors (Lipinski definition) is 2. The first-order valence-corrected chi connectivity index (χ1v) is 7.78. The number of rotatable bonds is 5. The average Bonchev–Trinajstić information content (AvgIpc) is 2.66. The molecule has 130 valence electrons. The van der Waals surface area contributed by atoms with Crippen LogP contribution >= 0.6 is 0 Å². The topological polar surface area (TPSA) is 85.9 Å². The van der Waals surface area contributed by atoms with E-state index in [1.165, 1.54) is 7.11 Å². The van der Waals surface area contributed by atoms with Gasteiger partial charge in [-0.25, -0.2) is 4.79 Å². The van der Waals surface area contributed by atoms with Crippen LogP contribution < -0.4 is 20.1 Å². The van der Waals surface area contributed by atoms with Gasteiger partial charge in [0.05, 0.1) is 24.9 Å². The van der Waals surface area contributed by atoms with Gasteiger partial charge in [0.1, 0.15) is 13.2 Å². The van der Waals surface area contributed by atoms with Crippen molar-refractivity contribution in [3.8, 4) is 11.5 Å². The van der Waals surface area contributed by atoms with E-state index in [1.54, 1.807) is 36.4 Å². The molecule has 2 N–H and O–H groups in total. The predicted molar refractivity (Wildman–Crippen MR) is 92.3 cm³/mol. The fourth-order valence-electron chi connectivity index (χ4n) is 2.41. The molecule has 0 radical (unpaired) electrons. The third-order valence-corrected chi connectivity index (χ3v) is 3.60. The summed E-state index contributed by atoms with van der Waals surface area (Å²) in [6, 6.07) is 12.1. The highest BCUT2D eigenvalue weighted by molar-refractivity contribution is 6.02. The normalized spacial score (nSPS) is 12.2. The van der Waals surface area contributed by atoms with Gasteiger partial charge in [-0.3, -0.25) is 4.79 Å². The Hall–Kier alpha value is -3.22. The number of anilines is 2. The number of ether oxygens (including phenoxy) is 3. The molecule has 25 heavy (non-hydrogen) atoms. The van der Waals surface area contributed by atoms with Crippen molar-refractivity contribution in [3.63, 3.8) is 0 Å². The van der Waals surface area contributed by atoms with Crippen molar-refractivity contribution >= 4 is 23.3 Å². The lowest BCUT2D eigenvalue weighted by Crippen LogP contribution is -2.23. The summed E-state index contributed by atoms with van der Waals surface area (Å²) in [6.07, 6.45) is 0. The lowest BCUT2D eigenvalue weighted by molar-refractivity contribution is -0.114. The average molecular weight is 342 g/mol. The number of carbonyl (C=O) groups excluding carboxylic acids is 2. The molecule has 0 saturated carbocycles. The summed E-state index contributed by atoms with van der Waals surface area (Å²) in [5.74, 6) is 0.544. The minimum absolute atomic E-state index is 0.0369. The van der Waals surface area contributed by atoms with Crippen LogP contribution in [0.3, 0.4) is 0 Å². The van der Waals surface area contributed by atoms with Gasteiger partial charge in [0.15, 0.2) is 11.5 Å². The first-order valence-electron chi connectivity index (χ1n) is 7.78. The SMILES string of the molecule is COC(=O)c1ccccc1NC(=O)CNc1ccc2c(c1)OCCO2. The summed E-state index contributed by atoms with van der Waals surface area (Å²) < 4.78 is 15.7. The van der Waals surface area contributed by atoms with Crippen LogP contribution in [-0.4, -0.2) is 38.7 Å². The molecule has 1 aliphatic rings. The second-order valence-corrected chi connectivity index (χ2v) is 5.30. The molecule has 1 aliphatic heterocycles. The molecule has 0 atom stereocenters. The Morgan fingerprint density at radius 1 is 1.08 bits per heavy atom. The van der Waals surface area contributed by atoms with Gasteiger partial charge in [-0.1, -0.05) is 12.1 Å². The summed E-state index contributed by atoms with van der Waals surface area (Å²) in [5.41, 5.74) is 1.45. The van der Waals surface area contributed by atoms with E-state index >= 15 is 0 Å². The minimum atomic E-state index is -0.504. The number of benzene rings is 2. The quantitative estimate of drug-likeness (QED) is 0.811. The maximum atomic E-state index is 12.2. The molecule has 0 aromatic heterocycles. The van der Waals surface area contributed by atoms with Gasteiger partial charge in [0.25, 0.3) is 0 Å². The summed E-state index contributed by atoms with van der Waals surface area (Å²) in [4.78, 5) is 23.9. The Balaban J connectivity index is 1.61. The molecule has 3 rings (SSSR count). The van der Waals surface area contributed by atoms with Gasteiger partial charge < -0.3 is 24.8 Å². The molecule has 2 aromatic carbocycles. The molecule has 7 heteroatoms. The maximum Gasteiger partial charge on any atom is 0.339 e. The molecule has 7 nitrogen and oxygen atoms in total. The van der Waals surface area contributed by atoms with Crippen molar-refractivity contribution in [1.29, 1.82) is 0 Å². The summed E-state index contributed by atoms with van der Waals surface area (Å²) >= 11 is 0. The highest BCUT2D eigenvalue weighted by Crippen LogP contribution is 2.32. The smallest absolute Gasteiger partial charge is 0.339 e. The van der Waals surface area contributed by atoms with E-state index in [0.29, 0.717) is 36.0 Å². The van der Waals surface area contributed by atoms with Gasteiger partial charge >= 0.3 is 5.97 Å². The van der Waals surface area contributed by atoms with E-state index in [0.717, 1.165) is 5.69 Å². The molecule has 0 saturated heterocycles. The molecule has 0 spiro atoms. The van der Waals surface area contributed by atoms with Crippen LogP contribution in [0.4, 0.5) is 11.4 Å². The van der Waals surface area contributed by atoms with Crippen LogP contribution in [0.2, 0.25) is 0 Å². The lowest BCUT2D eigenvalue weighted by atomic mass is 10.2. The Labute approximate surface area is 144 Å². The molecular formula is C18H18N2O5. The summed E-state index contributed by atoms with van der Waals surface area (Å²) in [7, 11) is 1.30. The third kappa shape index (κ3) is 4.00. The highest BCUT2D eigenvalue weighted by atomic mass is 16.6. The molecule has 0 aliphatic carbocycles. The molecule has 2 aromatic rings. The first-order chi connectivity index (χ1) is 12.2. The fraction of sp³-hybridized carbons (Fsp3) is 0.222. The van der Waals surface area contributed by atoms with Crippen LogP contribution in [0.15, 0.2) is 42.5 Å². The number of amides is 1. The van der Waals surface area contributed by atoms with Crippen molar-refractivity contribution in [2.24, 2.45) is 0 Å². The first kappa shape index (κ1) is 16.6. The van der Waals surface area contributed by atoms with Crippen molar-refractivity contribution in [2.45, 2.75) is 0 Å². The Bertz CT molecular complexity index is 791. The number of para-hydroxylation sites is 1. The van der Waals surface area contributed by atoms with Crippen LogP contribution in [-0.2, 0) is 9.53 Å². The molecule has 1 amide bonds. The second-order valence-electron chi connectivity index (χ2n) is 5.30. The molecular weight excluding hydrogens is 324 g/mol. The fourth-order valence-corrected chi connectivity index (χ4v) is 2.41. The Morgan fingerprint density at radius 3 is 2.64 bits per heavy atom. The number of fused-ring (bicyclic) bond motifs is 1. The number of carbonyl (C=O) groups is 2. The maximum absolute atomic E-state index is 12.2. The lowest BCUT2D eigenvalue weighted by Gasteiger charge is -2.19. The summed E-state index contributed by atoms with van der Waals surface area (Å²) in [5, 5.41) is 5.71. The van der Waals surface area contributed by atoms with Crippen LogP contribution in [0.1, 0.15) is 10.4 Å². The second kappa shape index (κ2) is 7.57. The number of methoxy groups -OCH3 is 1. The van der Waals surface area contributed by atoms with Crippen LogP contribution in [0, 0.1) is 0 Å². The summed E-state index contributed by atoms with van der Waals surface area (Å²) in [6.45, 7) is 1.07. The van der Waals surface area contributed by atoms with Crippen molar-refractivity contribution in [3.05, 3.63) is 48.0 Å². The van der Waals surface area contributed by atoms with Gasteiger partial charge in [0.2, 0.25) is 5.91 Å². The molecule has 0 unspecified atom stereocenters. The predicted octanol–water partition coefficient (Wildman–Crippen LogP) is 2.29. The number of esters is 1. The molecule has 0 fully saturated rings. The molecule has 1 heterocycles. The third-order valence-electron chi connectivity index (χ3n) is 3.60. The zero-order valence-corrected chi connectivity index (χ0v) is 13.7. The van der Waals surface area contributed by atoms with Gasteiger partial charge in [-0.2, -0.15) is 0 Å². The van der Waals surface area contributed by atoms with E-state index in [4.69, 9.17) is 14.2 Å². The van der Waals surface area contributed by atoms with E-state index in [1.807, 2.05) is 6.07 Å². The van der Waals surface area contributed by atoms with Crippen molar-refractivity contribution in [2.75, 3.05) is 37.5 Å². The standard InChI is InChI=1S/C18H18N2O5/c1-23-18(22)13-4-2-3-5-14(13)20-17(21)11-19-12-6-7-15-16(10-12)25-9-8-24-15/h2-7,10,19H,8-9,11H2,1H3,(H,20,21). The van der Waals surface area contributed by atoms with Crippen molar-refractivity contribution in [1.82, 2.24) is 0 Å². The number of hydrogen-bond acceptors (Lipinski definition) is 6. The Morgan fingerprint density at radius 2 is 1.84 bits per heavy atom. The number of nitrogens with one attached hydrogen (secondary N) is 2. The van der Waals surface area contributed by atoms with E-state index in [9.17, 15) is 9.59 Å². The molecule has 0 bridgehead atoms. The van der Waals surface area contributed by atoms with Crippen LogP contribution in [0.25, 0.3) is 0 Å². The van der Waals surface area contributed by atoms with Gasteiger partial charge in [-0.15, -0.1) is 0 Å². The van der Waals surface area contributed by atoms with E-state index in [-0.39, 0.29) is 12.5 Å². The Kier molecular flexibility index (Phi) is 5.03. The van der Waals surface area contributed by atoms with E-state index < -0.39 is 5.97 Å². The zero-order chi connectivity index (χ0) is 17.6. The monoisotopic (exact) mass is 342 g/mol. The van der Waals surface area contributed by atoms with Crippen molar-refractivity contribution < 1.29 is 23.8 Å². The largest absolute Gasteiger partial charge is 0.486 e.